The number of carbonyl (C=O) groups excluding carboxylic acids is 1. The average Bonchev–Trinajstić information content (AvgIpc) is 3.19. The summed E-state index contributed by atoms with van der Waals surface area (Å²) in [5.74, 6) is 0.234. The summed E-state index contributed by atoms with van der Waals surface area (Å²) in [7, 11) is 0. The van der Waals surface area contributed by atoms with Gasteiger partial charge in [-0.3, -0.25) is 9.48 Å². The lowest BCUT2D eigenvalue weighted by Gasteiger charge is -2.34. The molecular weight excluding hydrogens is 298 g/mol. The number of rotatable bonds is 5. The van der Waals surface area contributed by atoms with Gasteiger partial charge in [0.25, 0.3) is 0 Å². The van der Waals surface area contributed by atoms with Gasteiger partial charge in [-0.2, -0.15) is 5.10 Å². The van der Waals surface area contributed by atoms with Gasteiger partial charge < -0.3 is 4.90 Å². The normalized spacial score (nSPS) is 18.6. The maximum Gasteiger partial charge on any atom is 0.223 e. The van der Waals surface area contributed by atoms with Crippen LogP contribution < -0.4 is 0 Å². The van der Waals surface area contributed by atoms with Gasteiger partial charge >= 0.3 is 0 Å². The molecule has 22 heavy (non-hydrogen) atoms. The van der Waals surface area contributed by atoms with Crippen LogP contribution in [0.3, 0.4) is 0 Å². The van der Waals surface area contributed by atoms with E-state index in [1.807, 2.05) is 11.8 Å². The number of carbonyl (C=O) groups is 1. The Morgan fingerprint density at radius 2 is 2.36 bits per heavy atom. The fourth-order valence-electron chi connectivity index (χ4n) is 2.90. The van der Waals surface area contributed by atoms with E-state index in [9.17, 15) is 4.79 Å². The van der Waals surface area contributed by atoms with Gasteiger partial charge in [-0.25, -0.2) is 9.97 Å². The summed E-state index contributed by atoms with van der Waals surface area (Å²) in [5, 5.41) is 7.22. The largest absolute Gasteiger partial charge is 0.333 e. The van der Waals surface area contributed by atoms with Gasteiger partial charge in [0, 0.05) is 30.6 Å². The number of aryl methyl sites for hydroxylation is 2. The van der Waals surface area contributed by atoms with Gasteiger partial charge in [0.15, 0.2) is 0 Å². The Morgan fingerprint density at radius 1 is 1.45 bits per heavy atom. The molecule has 1 fully saturated rings. The van der Waals surface area contributed by atoms with Gasteiger partial charge in [0.2, 0.25) is 5.91 Å². The molecule has 1 saturated heterocycles. The molecule has 3 rings (SSSR count). The van der Waals surface area contributed by atoms with E-state index in [0.29, 0.717) is 6.42 Å². The lowest BCUT2D eigenvalue weighted by molar-refractivity contribution is -0.135. The summed E-state index contributed by atoms with van der Waals surface area (Å²) in [5.41, 5.74) is 1.05. The number of hydrogen-bond donors (Lipinski definition) is 0. The summed E-state index contributed by atoms with van der Waals surface area (Å²) >= 11 is 1.67. The molecule has 0 aliphatic carbocycles. The van der Waals surface area contributed by atoms with E-state index in [1.54, 1.807) is 22.3 Å². The first-order valence-corrected chi connectivity index (χ1v) is 8.66. The first kappa shape index (κ1) is 15.1. The molecule has 0 N–H and O–H groups in total. The van der Waals surface area contributed by atoms with Crippen molar-refractivity contribution in [3.05, 3.63) is 28.7 Å². The second-order valence-electron chi connectivity index (χ2n) is 5.69. The molecule has 0 aromatic carbocycles. The number of hydrogen-bond acceptors (Lipinski definition) is 5. The molecule has 7 heteroatoms. The van der Waals surface area contributed by atoms with E-state index >= 15 is 0 Å². The van der Waals surface area contributed by atoms with Crippen molar-refractivity contribution in [1.29, 1.82) is 0 Å². The van der Waals surface area contributed by atoms with Crippen molar-refractivity contribution >= 4 is 17.2 Å². The van der Waals surface area contributed by atoms with E-state index in [2.05, 4.69) is 20.4 Å². The number of likely N-dealkylation sites (tertiary alicyclic amines) is 1. The molecule has 1 aliphatic rings. The molecule has 1 atom stereocenters. The number of piperidine rings is 1. The van der Waals surface area contributed by atoms with E-state index in [-0.39, 0.29) is 11.9 Å². The SMILES string of the molecule is Cc1csc([C@@H]2CCCCN2C(=O)CCCn2cncn2)n1. The fourth-order valence-corrected chi connectivity index (χ4v) is 3.84. The highest BCUT2D eigenvalue weighted by Crippen LogP contribution is 2.33. The van der Waals surface area contributed by atoms with Crippen LogP contribution in [0, 0.1) is 6.92 Å². The van der Waals surface area contributed by atoms with Gasteiger partial charge in [0.1, 0.15) is 17.7 Å². The Bertz CT molecular complexity index is 609. The van der Waals surface area contributed by atoms with Crippen LogP contribution in [0.15, 0.2) is 18.0 Å². The van der Waals surface area contributed by atoms with Crippen molar-refractivity contribution in [2.75, 3.05) is 6.54 Å². The Labute approximate surface area is 134 Å². The van der Waals surface area contributed by atoms with Crippen molar-refractivity contribution in [2.24, 2.45) is 0 Å². The van der Waals surface area contributed by atoms with E-state index in [0.717, 1.165) is 43.1 Å². The quantitative estimate of drug-likeness (QED) is 0.849. The summed E-state index contributed by atoms with van der Waals surface area (Å²) in [4.78, 5) is 23.1. The molecule has 2 aromatic rings. The Kier molecular flexibility index (Phi) is 4.82. The molecule has 0 unspecified atom stereocenters. The standard InChI is InChI=1S/C15H21N5OS/c1-12-9-22-15(18-12)13-5-2-3-8-20(13)14(21)6-4-7-19-11-16-10-17-19/h9-11,13H,2-8H2,1H3/t13-/m0/s1. The van der Waals surface area contributed by atoms with Crippen molar-refractivity contribution in [1.82, 2.24) is 24.6 Å². The fraction of sp³-hybridized carbons (Fsp3) is 0.600. The third kappa shape index (κ3) is 3.52. The van der Waals surface area contributed by atoms with Gasteiger partial charge in [-0.1, -0.05) is 0 Å². The zero-order chi connectivity index (χ0) is 15.4. The van der Waals surface area contributed by atoms with Crippen LogP contribution in [0.25, 0.3) is 0 Å². The number of amides is 1. The Balaban J connectivity index is 1.59. The van der Waals surface area contributed by atoms with E-state index in [4.69, 9.17) is 0 Å². The molecule has 118 valence electrons. The second-order valence-corrected chi connectivity index (χ2v) is 6.58. The molecule has 1 amide bonds. The van der Waals surface area contributed by atoms with E-state index < -0.39 is 0 Å². The highest BCUT2D eigenvalue weighted by atomic mass is 32.1. The maximum absolute atomic E-state index is 12.6. The zero-order valence-electron chi connectivity index (χ0n) is 12.8. The van der Waals surface area contributed by atoms with Crippen LogP contribution in [0.5, 0.6) is 0 Å². The molecular formula is C15H21N5OS. The molecule has 6 nitrogen and oxygen atoms in total. The minimum atomic E-state index is 0.173. The molecule has 0 radical (unpaired) electrons. The van der Waals surface area contributed by atoms with Crippen LogP contribution in [0.4, 0.5) is 0 Å². The third-order valence-electron chi connectivity index (χ3n) is 3.99. The third-order valence-corrected chi connectivity index (χ3v) is 5.05. The summed E-state index contributed by atoms with van der Waals surface area (Å²) in [6.45, 7) is 3.60. The number of nitrogens with zero attached hydrogens (tertiary/aromatic N) is 5. The van der Waals surface area contributed by atoms with Gasteiger partial charge in [0.05, 0.1) is 6.04 Å². The lowest BCUT2D eigenvalue weighted by atomic mass is 10.0. The minimum absolute atomic E-state index is 0.173. The molecule has 2 aromatic heterocycles. The predicted octanol–water partition coefficient (Wildman–Crippen LogP) is 2.58. The lowest BCUT2D eigenvalue weighted by Crippen LogP contribution is -2.38. The highest BCUT2D eigenvalue weighted by Gasteiger charge is 2.29. The smallest absolute Gasteiger partial charge is 0.223 e. The minimum Gasteiger partial charge on any atom is -0.333 e. The topological polar surface area (TPSA) is 63.9 Å². The second kappa shape index (κ2) is 7.00. The van der Waals surface area contributed by atoms with Crippen molar-refractivity contribution in [3.63, 3.8) is 0 Å². The predicted molar refractivity (Wildman–Crippen MR) is 84.4 cm³/mol. The van der Waals surface area contributed by atoms with Crippen LogP contribution in [-0.4, -0.2) is 37.1 Å². The highest BCUT2D eigenvalue weighted by molar-refractivity contribution is 7.09. The number of thiazole rings is 1. The first-order chi connectivity index (χ1) is 10.7. The van der Waals surface area contributed by atoms with Crippen molar-refractivity contribution < 1.29 is 4.79 Å². The maximum atomic E-state index is 12.6. The van der Waals surface area contributed by atoms with E-state index in [1.165, 1.54) is 12.7 Å². The molecule has 0 saturated carbocycles. The van der Waals surface area contributed by atoms with Crippen molar-refractivity contribution in [3.8, 4) is 0 Å². The Hall–Kier alpha value is -1.76. The monoisotopic (exact) mass is 319 g/mol. The summed E-state index contributed by atoms with van der Waals surface area (Å²) < 4.78 is 1.77. The van der Waals surface area contributed by atoms with Crippen LogP contribution >= 0.6 is 11.3 Å². The van der Waals surface area contributed by atoms with Crippen LogP contribution in [0.2, 0.25) is 0 Å². The molecule has 1 aliphatic heterocycles. The first-order valence-electron chi connectivity index (χ1n) is 7.78. The van der Waals surface area contributed by atoms with Crippen LogP contribution in [0.1, 0.15) is 48.8 Å². The molecule has 3 heterocycles. The van der Waals surface area contributed by atoms with Crippen molar-refractivity contribution in [2.45, 2.75) is 51.6 Å². The zero-order valence-corrected chi connectivity index (χ0v) is 13.6. The van der Waals surface area contributed by atoms with Gasteiger partial charge in [-0.05, 0) is 32.6 Å². The molecule has 0 bridgehead atoms. The Morgan fingerprint density at radius 3 is 3.09 bits per heavy atom. The summed E-state index contributed by atoms with van der Waals surface area (Å²) in [6, 6.07) is 0.173. The van der Waals surface area contributed by atoms with Crippen LogP contribution in [-0.2, 0) is 11.3 Å². The average molecular weight is 319 g/mol. The summed E-state index contributed by atoms with van der Waals surface area (Å²) in [6.07, 6.45) is 7.85. The number of aromatic nitrogens is 4. The molecule has 0 spiro atoms. The van der Waals surface area contributed by atoms with Gasteiger partial charge in [-0.15, -0.1) is 11.3 Å².